The van der Waals surface area contributed by atoms with Crippen LogP contribution in [0.3, 0.4) is 0 Å². The van der Waals surface area contributed by atoms with Gasteiger partial charge in [-0.05, 0) is 33.6 Å². The summed E-state index contributed by atoms with van der Waals surface area (Å²) < 4.78 is 5.62. The first-order valence-electron chi connectivity index (χ1n) is 8.66. The van der Waals surface area contributed by atoms with Gasteiger partial charge in [-0.2, -0.15) is 0 Å². The number of thiazole rings is 2. The van der Waals surface area contributed by atoms with Gasteiger partial charge in [0.25, 0.3) is 0 Å². The molecule has 8 heteroatoms. The molecule has 1 saturated heterocycles. The van der Waals surface area contributed by atoms with Crippen LogP contribution in [-0.4, -0.2) is 38.2 Å². The van der Waals surface area contributed by atoms with Crippen LogP contribution in [0.25, 0.3) is 0 Å². The van der Waals surface area contributed by atoms with Crippen LogP contribution < -0.4 is 0 Å². The number of amides is 1. The summed E-state index contributed by atoms with van der Waals surface area (Å²) in [6.07, 6.45) is 3.01. The van der Waals surface area contributed by atoms with E-state index in [1.54, 1.807) is 33.8 Å². The number of piperidine rings is 1. The summed E-state index contributed by atoms with van der Waals surface area (Å²) in [5, 5.41) is 15.1. The van der Waals surface area contributed by atoms with Gasteiger partial charge in [0.05, 0.1) is 23.4 Å². The minimum atomic E-state index is -0.531. The van der Waals surface area contributed by atoms with Crippen molar-refractivity contribution >= 4 is 28.8 Å². The molecule has 26 heavy (non-hydrogen) atoms. The van der Waals surface area contributed by atoms with Gasteiger partial charge in [0.1, 0.15) is 10.6 Å². The molecule has 1 N–H and O–H groups in total. The third-order valence-corrected chi connectivity index (χ3v) is 6.59. The number of carbonyl (C=O) groups is 1. The molecule has 0 spiro atoms. The SMILES string of the molecule is CC(C)(C)OC(=O)N1CCC(C)(c2nc(CO)cs2)CC1c1nccs1. The molecule has 2 atom stereocenters. The topological polar surface area (TPSA) is 75.5 Å². The zero-order chi connectivity index (χ0) is 18.9. The van der Waals surface area contributed by atoms with Crippen LogP contribution in [0.5, 0.6) is 0 Å². The Balaban J connectivity index is 1.87. The summed E-state index contributed by atoms with van der Waals surface area (Å²) >= 11 is 3.13. The van der Waals surface area contributed by atoms with E-state index in [-0.39, 0.29) is 24.2 Å². The van der Waals surface area contributed by atoms with Gasteiger partial charge in [0.15, 0.2) is 0 Å². The quantitative estimate of drug-likeness (QED) is 0.846. The number of aliphatic hydroxyl groups is 1. The van der Waals surface area contributed by atoms with E-state index in [0.717, 1.165) is 22.9 Å². The minimum Gasteiger partial charge on any atom is -0.444 e. The number of carbonyl (C=O) groups excluding carboxylic acids is 1. The second kappa shape index (κ2) is 7.25. The van der Waals surface area contributed by atoms with E-state index in [1.165, 1.54) is 0 Å². The van der Waals surface area contributed by atoms with Crippen molar-refractivity contribution in [2.45, 2.75) is 64.2 Å². The van der Waals surface area contributed by atoms with Gasteiger partial charge in [0.2, 0.25) is 0 Å². The first kappa shape index (κ1) is 19.3. The van der Waals surface area contributed by atoms with Gasteiger partial charge in [0, 0.05) is 28.9 Å². The van der Waals surface area contributed by atoms with Crippen molar-refractivity contribution in [3.05, 3.63) is 32.7 Å². The highest BCUT2D eigenvalue weighted by atomic mass is 32.1. The standard InChI is InChI=1S/C18H25N3O3S2/c1-17(2,3)24-16(23)21-7-5-18(4,15-20-12(10-22)11-26-15)9-13(21)14-19-6-8-25-14/h6,8,11,13,22H,5,7,9-10H2,1-4H3. The van der Waals surface area contributed by atoms with Crippen LogP contribution in [0.1, 0.15) is 62.3 Å². The number of nitrogens with zero attached hydrogens (tertiary/aromatic N) is 3. The molecule has 2 aromatic heterocycles. The van der Waals surface area contributed by atoms with Crippen LogP contribution in [-0.2, 0) is 16.8 Å². The molecular formula is C18H25N3O3S2. The molecule has 1 amide bonds. The third-order valence-electron chi connectivity index (χ3n) is 4.52. The van der Waals surface area contributed by atoms with E-state index in [0.29, 0.717) is 12.2 Å². The van der Waals surface area contributed by atoms with Crippen molar-refractivity contribution < 1.29 is 14.6 Å². The summed E-state index contributed by atoms with van der Waals surface area (Å²) in [6.45, 7) is 8.35. The Morgan fingerprint density at radius 2 is 2.23 bits per heavy atom. The lowest BCUT2D eigenvalue weighted by Gasteiger charge is -2.43. The maximum atomic E-state index is 12.8. The normalized spacial score (nSPS) is 23.9. The molecule has 2 unspecified atom stereocenters. The highest BCUT2D eigenvalue weighted by molar-refractivity contribution is 7.10. The van der Waals surface area contributed by atoms with Crippen LogP contribution in [0.4, 0.5) is 4.79 Å². The predicted molar refractivity (Wildman–Crippen MR) is 102 cm³/mol. The van der Waals surface area contributed by atoms with Crippen molar-refractivity contribution in [3.63, 3.8) is 0 Å². The van der Waals surface area contributed by atoms with Gasteiger partial charge in [-0.25, -0.2) is 14.8 Å². The second-order valence-electron chi connectivity index (χ2n) is 7.88. The fraction of sp³-hybridized carbons (Fsp3) is 0.611. The average molecular weight is 396 g/mol. The Morgan fingerprint density at radius 1 is 1.46 bits per heavy atom. The van der Waals surface area contributed by atoms with E-state index in [9.17, 15) is 9.90 Å². The zero-order valence-corrected chi connectivity index (χ0v) is 17.2. The Hall–Kier alpha value is -1.51. The Labute approximate surface area is 161 Å². The third kappa shape index (κ3) is 4.07. The fourth-order valence-electron chi connectivity index (χ4n) is 3.17. The minimum absolute atomic E-state index is 0.0491. The van der Waals surface area contributed by atoms with E-state index in [1.807, 2.05) is 31.5 Å². The number of rotatable bonds is 3. The van der Waals surface area contributed by atoms with Gasteiger partial charge < -0.3 is 9.84 Å². The molecular weight excluding hydrogens is 370 g/mol. The first-order chi connectivity index (χ1) is 12.2. The van der Waals surface area contributed by atoms with Crippen LogP contribution in [0, 0.1) is 0 Å². The summed E-state index contributed by atoms with van der Waals surface area (Å²) in [5.41, 5.74) is 0.00961. The van der Waals surface area contributed by atoms with Crippen LogP contribution in [0.15, 0.2) is 17.0 Å². The zero-order valence-electron chi connectivity index (χ0n) is 15.6. The number of likely N-dealkylation sites (tertiary alicyclic amines) is 1. The van der Waals surface area contributed by atoms with Crippen molar-refractivity contribution in [1.29, 1.82) is 0 Å². The first-order valence-corrected chi connectivity index (χ1v) is 10.4. The smallest absolute Gasteiger partial charge is 0.410 e. The van der Waals surface area contributed by atoms with Crippen molar-refractivity contribution in [2.24, 2.45) is 0 Å². The van der Waals surface area contributed by atoms with E-state index in [4.69, 9.17) is 4.74 Å². The van der Waals surface area contributed by atoms with Crippen molar-refractivity contribution in [1.82, 2.24) is 14.9 Å². The molecule has 142 valence electrons. The van der Waals surface area contributed by atoms with Gasteiger partial charge in [-0.3, -0.25) is 4.90 Å². The maximum absolute atomic E-state index is 12.8. The molecule has 0 aromatic carbocycles. The molecule has 6 nitrogen and oxygen atoms in total. The van der Waals surface area contributed by atoms with Crippen LogP contribution in [0.2, 0.25) is 0 Å². The van der Waals surface area contributed by atoms with Crippen molar-refractivity contribution in [3.8, 4) is 0 Å². The number of hydrogen-bond donors (Lipinski definition) is 1. The molecule has 3 rings (SSSR count). The van der Waals surface area contributed by atoms with Gasteiger partial charge >= 0.3 is 6.09 Å². The molecule has 0 aliphatic carbocycles. The number of hydrogen-bond acceptors (Lipinski definition) is 7. The lowest BCUT2D eigenvalue weighted by Crippen LogP contribution is -2.47. The second-order valence-corrected chi connectivity index (χ2v) is 9.66. The molecule has 1 aliphatic heterocycles. The highest BCUT2D eigenvalue weighted by Crippen LogP contribution is 2.45. The largest absolute Gasteiger partial charge is 0.444 e. The lowest BCUT2D eigenvalue weighted by atomic mass is 9.77. The van der Waals surface area contributed by atoms with E-state index >= 15 is 0 Å². The summed E-state index contributed by atoms with van der Waals surface area (Å²) in [4.78, 5) is 23.6. The molecule has 1 fully saturated rings. The number of aromatic nitrogens is 2. The highest BCUT2D eigenvalue weighted by Gasteiger charge is 2.44. The van der Waals surface area contributed by atoms with Crippen molar-refractivity contribution in [2.75, 3.05) is 6.54 Å². The molecule has 0 radical (unpaired) electrons. The molecule has 1 aliphatic rings. The fourth-order valence-corrected chi connectivity index (χ4v) is 4.94. The van der Waals surface area contributed by atoms with Gasteiger partial charge in [-0.15, -0.1) is 22.7 Å². The summed E-state index contributed by atoms with van der Waals surface area (Å²) in [7, 11) is 0. The lowest BCUT2D eigenvalue weighted by molar-refractivity contribution is 0.00202. The Kier molecular flexibility index (Phi) is 5.37. The van der Waals surface area contributed by atoms with Crippen LogP contribution >= 0.6 is 22.7 Å². The molecule has 2 aromatic rings. The molecule has 0 bridgehead atoms. The average Bonchev–Trinajstić information content (AvgIpc) is 3.25. The summed E-state index contributed by atoms with van der Waals surface area (Å²) in [6, 6.07) is -0.134. The maximum Gasteiger partial charge on any atom is 0.410 e. The Morgan fingerprint density at radius 3 is 2.81 bits per heavy atom. The molecule has 3 heterocycles. The summed E-state index contributed by atoms with van der Waals surface area (Å²) in [5.74, 6) is 0. The monoisotopic (exact) mass is 395 g/mol. The number of ether oxygens (including phenoxy) is 1. The van der Waals surface area contributed by atoms with E-state index in [2.05, 4.69) is 16.9 Å². The Bertz CT molecular complexity index is 754. The predicted octanol–water partition coefficient (Wildman–Crippen LogP) is 4.12. The van der Waals surface area contributed by atoms with Gasteiger partial charge in [-0.1, -0.05) is 6.92 Å². The molecule has 0 saturated carbocycles. The number of aliphatic hydroxyl groups excluding tert-OH is 1. The van der Waals surface area contributed by atoms with E-state index < -0.39 is 5.60 Å².